The molecule has 104 valence electrons. The van der Waals surface area contributed by atoms with E-state index in [1.807, 2.05) is 24.3 Å². The van der Waals surface area contributed by atoms with E-state index in [1.165, 1.54) is 25.7 Å². The topological polar surface area (TPSA) is 64.3 Å². The molecule has 0 saturated heterocycles. The lowest BCUT2D eigenvalue weighted by molar-refractivity contribution is -0.119. The summed E-state index contributed by atoms with van der Waals surface area (Å²) < 4.78 is 5.23. The number of carbonyl (C=O) groups is 1. The summed E-state index contributed by atoms with van der Waals surface area (Å²) in [6.07, 6.45) is 5.13. The molecule has 0 bridgehead atoms. The van der Waals surface area contributed by atoms with Crippen LogP contribution in [0.2, 0.25) is 0 Å². The molecular formula is C15H22N2O2. The fraction of sp³-hybridized carbons (Fsp3) is 0.533. The van der Waals surface area contributed by atoms with Crippen LogP contribution in [0.3, 0.4) is 0 Å². The third-order valence-corrected chi connectivity index (χ3v) is 3.54. The summed E-state index contributed by atoms with van der Waals surface area (Å²) >= 11 is 0. The van der Waals surface area contributed by atoms with Gasteiger partial charge >= 0.3 is 0 Å². The molecule has 0 aromatic heterocycles. The fourth-order valence-electron chi connectivity index (χ4n) is 2.60. The average molecular weight is 262 g/mol. The predicted octanol–water partition coefficient (Wildman–Crippen LogP) is 2.54. The van der Waals surface area contributed by atoms with Gasteiger partial charge in [0.25, 0.3) is 5.91 Å². The Labute approximate surface area is 114 Å². The van der Waals surface area contributed by atoms with E-state index in [2.05, 4.69) is 12.2 Å². The fourth-order valence-corrected chi connectivity index (χ4v) is 2.60. The standard InChI is InChI=1S/C15H22N2O2/c1-11-3-2-4-13(9-11)17-12-5-7-14(8-6-12)19-10-15(16)18/h5-8,11,13,17H,2-4,9-10H2,1H3,(H2,16,18). The summed E-state index contributed by atoms with van der Waals surface area (Å²) in [7, 11) is 0. The van der Waals surface area contributed by atoms with Crippen molar-refractivity contribution >= 4 is 11.6 Å². The third-order valence-electron chi connectivity index (χ3n) is 3.54. The summed E-state index contributed by atoms with van der Waals surface area (Å²) in [6.45, 7) is 2.24. The zero-order valence-electron chi connectivity index (χ0n) is 11.4. The molecule has 1 aromatic rings. The number of benzene rings is 1. The summed E-state index contributed by atoms with van der Waals surface area (Å²) in [5.41, 5.74) is 6.13. The quantitative estimate of drug-likeness (QED) is 0.857. The second-order valence-electron chi connectivity index (χ2n) is 5.39. The highest BCUT2D eigenvalue weighted by atomic mass is 16.5. The Hall–Kier alpha value is -1.71. The lowest BCUT2D eigenvalue weighted by atomic mass is 9.87. The molecule has 0 radical (unpaired) electrons. The normalized spacial score (nSPS) is 22.8. The Balaban J connectivity index is 1.85. The van der Waals surface area contributed by atoms with E-state index in [0.29, 0.717) is 11.8 Å². The van der Waals surface area contributed by atoms with Crippen LogP contribution in [0.25, 0.3) is 0 Å². The van der Waals surface area contributed by atoms with Gasteiger partial charge in [0.1, 0.15) is 5.75 Å². The van der Waals surface area contributed by atoms with Crippen molar-refractivity contribution in [2.45, 2.75) is 38.6 Å². The number of nitrogens with one attached hydrogen (secondary N) is 1. The van der Waals surface area contributed by atoms with Gasteiger partial charge in [-0.15, -0.1) is 0 Å². The molecule has 1 amide bonds. The minimum absolute atomic E-state index is 0.0765. The smallest absolute Gasteiger partial charge is 0.255 e. The van der Waals surface area contributed by atoms with Crippen molar-refractivity contribution in [2.75, 3.05) is 11.9 Å². The molecule has 1 aliphatic rings. The minimum Gasteiger partial charge on any atom is -0.484 e. The van der Waals surface area contributed by atoms with Gasteiger partial charge in [-0.2, -0.15) is 0 Å². The van der Waals surface area contributed by atoms with E-state index in [0.717, 1.165) is 11.6 Å². The van der Waals surface area contributed by atoms with Crippen molar-refractivity contribution in [1.29, 1.82) is 0 Å². The Morgan fingerprint density at radius 3 is 2.74 bits per heavy atom. The predicted molar refractivity (Wildman–Crippen MR) is 76.2 cm³/mol. The van der Waals surface area contributed by atoms with Gasteiger partial charge in [-0.1, -0.05) is 19.8 Å². The first-order valence-electron chi connectivity index (χ1n) is 6.91. The molecule has 1 fully saturated rings. The first-order chi connectivity index (χ1) is 9.13. The molecule has 3 N–H and O–H groups in total. The van der Waals surface area contributed by atoms with Crippen molar-refractivity contribution in [2.24, 2.45) is 11.7 Å². The van der Waals surface area contributed by atoms with Gasteiger partial charge in [-0.05, 0) is 43.0 Å². The van der Waals surface area contributed by atoms with Crippen LogP contribution in [0.4, 0.5) is 5.69 Å². The average Bonchev–Trinajstić information content (AvgIpc) is 2.38. The lowest BCUT2D eigenvalue weighted by Crippen LogP contribution is -2.26. The number of rotatable bonds is 5. The number of amides is 1. The molecule has 0 heterocycles. The van der Waals surface area contributed by atoms with E-state index in [4.69, 9.17) is 10.5 Å². The van der Waals surface area contributed by atoms with Crippen LogP contribution in [0.5, 0.6) is 5.75 Å². The highest BCUT2D eigenvalue weighted by Crippen LogP contribution is 2.26. The van der Waals surface area contributed by atoms with Gasteiger partial charge in [-0.3, -0.25) is 4.79 Å². The Morgan fingerprint density at radius 2 is 2.11 bits per heavy atom. The van der Waals surface area contributed by atoms with E-state index in [-0.39, 0.29) is 6.61 Å². The van der Waals surface area contributed by atoms with Crippen molar-refractivity contribution in [3.63, 3.8) is 0 Å². The second-order valence-corrected chi connectivity index (χ2v) is 5.39. The monoisotopic (exact) mass is 262 g/mol. The summed E-state index contributed by atoms with van der Waals surface area (Å²) in [4.78, 5) is 10.6. The van der Waals surface area contributed by atoms with Crippen LogP contribution in [0, 0.1) is 5.92 Å². The van der Waals surface area contributed by atoms with E-state index < -0.39 is 5.91 Å². The van der Waals surface area contributed by atoms with Crippen molar-refractivity contribution < 1.29 is 9.53 Å². The molecule has 1 aromatic carbocycles. The highest BCUT2D eigenvalue weighted by Gasteiger charge is 2.18. The van der Waals surface area contributed by atoms with Gasteiger partial charge < -0.3 is 15.8 Å². The van der Waals surface area contributed by atoms with Crippen LogP contribution in [-0.4, -0.2) is 18.6 Å². The van der Waals surface area contributed by atoms with Gasteiger partial charge in [0, 0.05) is 11.7 Å². The largest absolute Gasteiger partial charge is 0.484 e. The second kappa shape index (κ2) is 6.45. The summed E-state index contributed by atoms with van der Waals surface area (Å²) in [5.74, 6) is 1.02. The first kappa shape index (κ1) is 13.7. The number of hydrogen-bond acceptors (Lipinski definition) is 3. The maximum absolute atomic E-state index is 10.6. The van der Waals surface area contributed by atoms with Crippen molar-refractivity contribution in [1.82, 2.24) is 0 Å². The van der Waals surface area contributed by atoms with Gasteiger partial charge in [0.2, 0.25) is 0 Å². The Morgan fingerprint density at radius 1 is 1.37 bits per heavy atom. The Kier molecular flexibility index (Phi) is 4.66. The lowest BCUT2D eigenvalue weighted by Gasteiger charge is -2.28. The van der Waals surface area contributed by atoms with Crippen LogP contribution >= 0.6 is 0 Å². The number of carbonyl (C=O) groups excluding carboxylic acids is 1. The maximum Gasteiger partial charge on any atom is 0.255 e. The maximum atomic E-state index is 10.6. The zero-order chi connectivity index (χ0) is 13.7. The molecule has 1 aliphatic carbocycles. The van der Waals surface area contributed by atoms with E-state index in [1.54, 1.807) is 0 Å². The third kappa shape index (κ3) is 4.47. The number of nitrogens with two attached hydrogens (primary N) is 1. The van der Waals surface area contributed by atoms with Crippen LogP contribution in [-0.2, 0) is 4.79 Å². The summed E-state index contributed by atoms with van der Waals surface area (Å²) in [5, 5.41) is 3.56. The number of hydrogen-bond donors (Lipinski definition) is 2. The minimum atomic E-state index is -0.460. The van der Waals surface area contributed by atoms with Crippen LogP contribution in [0.15, 0.2) is 24.3 Å². The van der Waals surface area contributed by atoms with Gasteiger partial charge in [0.15, 0.2) is 6.61 Å². The van der Waals surface area contributed by atoms with Crippen LogP contribution in [0.1, 0.15) is 32.6 Å². The van der Waals surface area contributed by atoms with Crippen molar-refractivity contribution in [3.05, 3.63) is 24.3 Å². The van der Waals surface area contributed by atoms with Crippen molar-refractivity contribution in [3.8, 4) is 5.75 Å². The highest BCUT2D eigenvalue weighted by molar-refractivity contribution is 5.75. The van der Waals surface area contributed by atoms with Gasteiger partial charge in [-0.25, -0.2) is 0 Å². The molecule has 1 saturated carbocycles. The first-order valence-corrected chi connectivity index (χ1v) is 6.91. The number of anilines is 1. The molecule has 0 aliphatic heterocycles. The molecular weight excluding hydrogens is 240 g/mol. The van der Waals surface area contributed by atoms with E-state index >= 15 is 0 Å². The molecule has 19 heavy (non-hydrogen) atoms. The SMILES string of the molecule is CC1CCCC(Nc2ccc(OCC(N)=O)cc2)C1. The molecule has 4 heteroatoms. The number of primary amides is 1. The molecule has 0 spiro atoms. The molecule has 2 atom stereocenters. The van der Waals surface area contributed by atoms with Crippen LogP contribution < -0.4 is 15.8 Å². The Bertz CT molecular complexity index is 417. The van der Waals surface area contributed by atoms with Gasteiger partial charge in [0.05, 0.1) is 0 Å². The summed E-state index contributed by atoms with van der Waals surface area (Å²) in [6, 6.07) is 8.25. The molecule has 2 unspecified atom stereocenters. The van der Waals surface area contributed by atoms with E-state index in [9.17, 15) is 4.79 Å². The molecule has 2 rings (SSSR count). The zero-order valence-corrected chi connectivity index (χ0v) is 11.4. The molecule has 4 nitrogen and oxygen atoms in total. The number of ether oxygens (including phenoxy) is 1.